The van der Waals surface area contributed by atoms with Gasteiger partial charge in [-0.05, 0) is 28.1 Å². The topological polar surface area (TPSA) is 51.8 Å². The third kappa shape index (κ3) is 2.00. The fourth-order valence-corrected chi connectivity index (χ4v) is 1.92. The van der Waals surface area contributed by atoms with Gasteiger partial charge in [-0.1, -0.05) is 0 Å². The molecule has 0 spiro atoms. The Kier molecular flexibility index (Phi) is 2.90. The molecule has 0 aromatic carbocycles. The molecule has 14 heavy (non-hydrogen) atoms. The minimum atomic E-state index is -0.227. The normalized spacial score (nSPS) is 12.7. The predicted molar refractivity (Wildman–Crippen MR) is 60.1 cm³/mol. The van der Waals surface area contributed by atoms with Crippen LogP contribution in [0.5, 0.6) is 0 Å². The van der Waals surface area contributed by atoms with Crippen LogP contribution in [0.3, 0.4) is 0 Å². The summed E-state index contributed by atoms with van der Waals surface area (Å²) >= 11 is 4.86. The number of aromatic nitrogens is 2. The van der Waals surface area contributed by atoms with Gasteiger partial charge in [0.1, 0.15) is 0 Å². The second-order valence-corrected chi connectivity index (χ2v) is 4.43. The first-order valence-corrected chi connectivity index (χ1v) is 5.76. The minimum absolute atomic E-state index is 0.227. The molecule has 0 saturated heterocycles. The summed E-state index contributed by atoms with van der Waals surface area (Å²) in [6, 6.07) is 3.59. The first-order chi connectivity index (χ1) is 6.77. The van der Waals surface area contributed by atoms with Gasteiger partial charge in [0.05, 0.1) is 22.9 Å². The van der Waals surface area contributed by atoms with Gasteiger partial charge in [-0.25, -0.2) is 4.98 Å². The van der Waals surface area contributed by atoms with Crippen molar-refractivity contribution < 1.29 is 0 Å². The number of thiazole rings is 1. The van der Waals surface area contributed by atoms with Crippen molar-refractivity contribution in [1.29, 1.82) is 0 Å². The van der Waals surface area contributed by atoms with Crippen molar-refractivity contribution in [3.05, 3.63) is 45.1 Å². The highest BCUT2D eigenvalue weighted by atomic mass is 79.9. The second kappa shape index (κ2) is 4.16. The fraction of sp³-hybridized carbons (Fsp3) is 0.111. The number of hydrogen-bond acceptors (Lipinski definition) is 4. The number of nitrogens with zero attached hydrogens (tertiary/aromatic N) is 2. The van der Waals surface area contributed by atoms with Crippen LogP contribution in [0.1, 0.15) is 17.4 Å². The molecular formula is C9H8BrN3S. The SMILES string of the molecule is NC(c1ccc(Br)cn1)c1cscn1. The molecule has 2 aromatic rings. The first kappa shape index (κ1) is 9.76. The monoisotopic (exact) mass is 269 g/mol. The number of nitrogens with two attached hydrogens (primary N) is 1. The summed E-state index contributed by atoms with van der Waals surface area (Å²) in [6.45, 7) is 0. The van der Waals surface area contributed by atoms with E-state index in [-0.39, 0.29) is 6.04 Å². The van der Waals surface area contributed by atoms with Gasteiger partial charge in [-0.2, -0.15) is 0 Å². The molecule has 0 aliphatic rings. The van der Waals surface area contributed by atoms with Crippen molar-refractivity contribution in [2.45, 2.75) is 6.04 Å². The molecule has 0 bridgehead atoms. The molecule has 1 unspecified atom stereocenters. The van der Waals surface area contributed by atoms with E-state index in [1.165, 1.54) is 11.3 Å². The van der Waals surface area contributed by atoms with E-state index in [1.807, 2.05) is 17.5 Å². The average Bonchev–Trinajstić information content (AvgIpc) is 2.71. The van der Waals surface area contributed by atoms with E-state index in [9.17, 15) is 0 Å². The molecule has 0 saturated carbocycles. The van der Waals surface area contributed by atoms with E-state index in [0.717, 1.165) is 15.9 Å². The van der Waals surface area contributed by atoms with E-state index in [2.05, 4.69) is 25.9 Å². The lowest BCUT2D eigenvalue weighted by atomic mass is 10.1. The van der Waals surface area contributed by atoms with Gasteiger partial charge in [0.25, 0.3) is 0 Å². The highest BCUT2D eigenvalue weighted by Crippen LogP contribution is 2.18. The summed E-state index contributed by atoms with van der Waals surface area (Å²) in [5, 5.41) is 1.94. The lowest BCUT2D eigenvalue weighted by Gasteiger charge is -2.07. The molecule has 2 N–H and O–H groups in total. The summed E-state index contributed by atoms with van der Waals surface area (Å²) in [4.78, 5) is 8.38. The Morgan fingerprint density at radius 1 is 1.29 bits per heavy atom. The molecule has 2 aromatic heterocycles. The highest BCUT2D eigenvalue weighted by molar-refractivity contribution is 9.10. The molecule has 0 aliphatic heterocycles. The smallest absolute Gasteiger partial charge is 0.0908 e. The Bertz CT molecular complexity index is 399. The van der Waals surface area contributed by atoms with Crippen molar-refractivity contribution in [2.75, 3.05) is 0 Å². The number of pyridine rings is 1. The molecule has 2 heterocycles. The Balaban J connectivity index is 2.28. The number of hydrogen-bond donors (Lipinski definition) is 1. The summed E-state index contributed by atoms with van der Waals surface area (Å²) in [6.07, 6.45) is 1.74. The fourth-order valence-electron chi connectivity index (χ4n) is 1.10. The zero-order valence-electron chi connectivity index (χ0n) is 7.22. The van der Waals surface area contributed by atoms with E-state index in [0.29, 0.717) is 0 Å². The van der Waals surface area contributed by atoms with Gasteiger partial charge in [-0.15, -0.1) is 11.3 Å². The van der Waals surface area contributed by atoms with Crippen LogP contribution in [0.15, 0.2) is 33.7 Å². The predicted octanol–water partition coefficient (Wildman–Crippen LogP) is 2.35. The zero-order chi connectivity index (χ0) is 9.97. The average molecular weight is 270 g/mol. The number of rotatable bonds is 2. The van der Waals surface area contributed by atoms with Crippen molar-refractivity contribution in [1.82, 2.24) is 9.97 Å². The molecule has 2 rings (SSSR count). The quantitative estimate of drug-likeness (QED) is 0.911. The zero-order valence-corrected chi connectivity index (χ0v) is 9.62. The Labute approximate surface area is 94.1 Å². The van der Waals surface area contributed by atoms with Crippen molar-refractivity contribution in [3.8, 4) is 0 Å². The maximum atomic E-state index is 5.98. The van der Waals surface area contributed by atoms with Crippen molar-refractivity contribution in [3.63, 3.8) is 0 Å². The highest BCUT2D eigenvalue weighted by Gasteiger charge is 2.11. The third-order valence-electron chi connectivity index (χ3n) is 1.84. The minimum Gasteiger partial charge on any atom is -0.318 e. The molecule has 72 valence electrons. The van der Waals surface area contributed by atoms with Gasteiger partial charge < -0.3 is 5.73 Å². The van der Waals surface area contributed by atoms with Crippen LogP contribution in [-0.2, 0) is 0 Å². The van der Waals surface area contributed by atoms with Crippen molar-refractivity contribution in [2.24, 2.45) is 5.73 Å². The van der Waals surface area contributed by atoms with Gasteiger partial charge >= 0.3 is 0 Å². The Hall–Kier alpha value is -0.780. The molecule has 5 heteroatoms. The molecule has 0 amide bonds. The molecule has 0 fully saturated rings. The Morgan fingerprint density at radius 3 is 2.71 bits per heavy atom. The second-order valence-electron chi connectivity index (χ2n) is 2.79. The summed E-state index contributed by atoms with van der Waals surface area (Å²) in [7, 11) is 0. The van der Waals surface area contributed by atoms with Crippen LogP contribution in [0, 0.1) is 0 Å². The molecule has 3 nitrogen and oxygen atoms in total. The standard InChI is InChI=1S/C9H8BrN3S/c10-6-1-2-7(12-3-6)9(11)8-4-14-5-13-8/h1-5,9H,11H2. The van der Waals surface area contributed by atoms with E-state index < -0.39 is 0 Å². The molecule has 0 aliphatic carbocycles. The van der Waals surface area contributed by atoms with Crippen LogP contribution >= 0.6 is 27.3 Å². The third-order valence-corrected chi connectivity index (χ3v) is 2.91. The largest absolute Gasteiger partial charge is 0.318 e. The summed E-state index contributed by atoms with van der Waals surface area (Å²) in [5.74, 6) is 0. The lowest BCUT2D eigenvalue weighted by molar-refractivity contribution is 0.801. The Morgan fingerprint density at radius 2 is 2.14 bits per heavy atom. The van der Waals surface area contributed by atoms with Gasteiger partial charge in [0.15, 0.2) is 0 Å². The van der Waals surface area contributed by atoms with Crippen LogP contribution in [0.2, 0.25) is 0 Å². The van der Waals surface area contributed by atoms with Crippen LogP contribution in [0.4, 0.5) is 0 Å². The van der Waals surface area contributed by atoms with E-state index >= 15 is 0 Å². The lowest BCUT2D eigenvalue weighted by Crippen LogP contribution is -2.13. The van der Waals surface area contributed by atoms with Crippen LogP contribution in [-0.4, -0.2) is 9.97 Å². The molecule has 0 radical (unpaired) electrons. The van der Waals surface area contributed by atoms with E-state index in [4.69, 9.17) is 5.73 Å². The maximum absolute atomic E-state index is 5.98. The van der Waals surface area contributed by atoms with Crippen LogP contribution < -0.4 is 5.73 Å². The summed E-state index contributed by atoms with van der Waals surface area (Å²) in [5.41, 5.74) is 9.45. The summed E-state index contributed by atoms with van der Waals surface area (Å²) < 4.78 is 0.951. The van der Waals surface area contributed by atoms with Crippen LogP contribution in [0.25, 0.3) is 0 Å². The molecule has 1 atom stereocenters. The van der Waals surface area contributed by atoms with E-state index in [1.54, 1.807) is 11.7 Å². The molecular weight excluding hydrogens is 262 g/mol. The van der Waals surface area contributed by atoms with Gasteiger partial charge in [0.2, 0.25) is 0 Å². The van der Waals surface area contributed by atoms with Gasteiger partial charge in [-0.3, -0.25) is 4.98 Å². The van der Waals surface area contributed by atoms with Gasteiger partial charge in [0, 0.05) is 16.0 Å². The maximum Gasteiger partial charge on any atom is 0.0908 e. The van der Waals surface area contributed by atoms with Crippen molar-refractivity contribution >= 4 is 27.3 Å². The number of halogens is 1. The first-order valence-electron chi connectivity index (χ1n) is 4.02.